The number of carbonyl (C=O) groups excluding carboxylic acids is 1. The number of amides is 1. The normalized spacial score (nSPS) is 19.9. The molecule has 0 bridgehead atoms. The van der Waals surface area contributed by atoms with Gasteiger partial charge in [-0.1, -0.05) is 56.3 Å². The Balaban J connectivity index is 1.63. The van der Waals surface area contributed by atoms with E-state index in [1.54, 1.807) is 17.4 Å². The number of hydrogen-bond acceptors (Lipinski definition) is 5. The van der Waals surface area contributed by atoms with Crippen LogP contribution in [0.2, 0.25) is 0 Å². The van der Waals surface area contributed by atoms with Gasteiger partial charge in [-0.3, -0.25) is 4.79 Å². The zero-order valence-corrected chi connectivity index (χ0v) is 21.8. The summed E-state index contributed by atoms with van der Waals surface area (Å²) in [5, 5.41) is 20.8. The van der Waals surface area contributed by atoms with Crippen molar-refractivity contribution in [3.63, 3.8) is 0 Å². The van der Waals surface area contributed by atoms with Gasteiger partial charge in [0.15, 0.2) is 0 Å². The van der Waals surface area contributed by atoms with Gasteiger partial charge in [0, 0.05) is 30.0 Å². The van der Waals surface area contributed by atoms with Crippen molar-refractivity contribution in [3.05, 3.63) is 71.1 Å². The third-order valence-corrected chi connectivity index (χ3v) is 7.76. The standard InChI is InChI=1S/C29H34N2O4S/c1-4-21(5-2)35-26-16-20(29(33)34)15-25(28(26)31-18(3)32)30-17-19-12-13-24(27-11-8-14-36-27)23-10-7-6-9-22(19)23/h6-14,16,21,25-26,28,30H,4-5,15,17H2,1-3H3,(H,31,32)(H,33,34)/t25-,26+,28+/m0/s1. The van der Waals surface area contributed by atoms with Gasteiger partial charge in [0.1, 0.15) is 0 Å². The molecule has 3 atom stereocenters. The molecule has 1 aliphatic rings. The van der Waals surface area contributed by atoms with Crippen molar-refractivity contribution in [2.45, 2.75) is 70.9 Å². The van der Waals surface area contributed by atoms with Gasteiger partial charge in [0.05, 0.1) is 18.2 Å². The van der Waals surface area contributed by atoms with Crippen LogP contribution >= 0.6 is 11.3 Å². The summed E-state index contributed by atoms with van der Waals surface area (Å²) >= 11 is 1.72. The third kappa shape index (κ3) is 5.86. The van der Waals surface area contributed by atoms with E-state index in [1.165, 1.54) is 22.8 Å². The molecule has 3 aromatic rings. The lowest BCUT2D eigenvalue weighted by Crippen LogP contribution is -2.58. The minimum absolute atomic E-state index is 0.00922. The van der Waals surface area contributed by atoms with Crippen LogP contribution in [-0.2, 0) is 20.9 Å². The van der Waals surface area contributed by atoms with Crippen LogP contribution in [0.5, 0.6) is 0 Å². The first-order chi connectivity index (χ1) is 17.4. The highest BCUT2D eigenvalue weighted by molar-refractivity contribution is 7.13. The number of carbonyl (C=O) groups is 2. The fraction of sp³-hybridized carbons (Fsp3) is 0.379. The maximum absolute atomic E-state index is 12.1. The van der Waals surface area contributed by atoms with Crippen molar-refractivity contribution in [1.82, 2.24) is 10.6 Å². The topological polar surface area (TPSA) is 87.7 Å². The molecule has 0 saturated heterocycles. The maximum atomic E-state index is 12.1. The minimum Gasteiger partial charge on any atom is -0.478 e. The van der Waals surface area contributed by atoms with Crippen molar-refractivity contribution in [3.8, 4) is 10.4 Å². The van der Waals surface area contributed by atoms with Crippen LogP contribution in [0.25, 0.3) is 21.2 Å². The Morgan fingerprint density at radius 3 is 2.47 bits per heavy atom. The predicted octanol–water partition coefficient (Wildman–Crippen LogP) is 5.52. The highest BCUT2D eigenvalue weighted by atomic mass is 32.1. The smallest absolute Gasteiger partial charge is 0.331 e. The SMILES string of the molecule is CCC(CC)O[C@@H]1C=C(C(=O)O)C[C@H](NCc2ccc(-c3cccs3)c3ccccc23)[C@H]1NC(C)=O. The van der Waals surface area contributed by atoms with E-state index in [0.717, 1.165) is 23.8 Å². The molecule has 0 spiro atoms. The summed E-state index contributed by atoms with van der Waals surface area (Å²) in [5.41, 5.74) is 2.63. The zero-order chi connectivity index (χ0) is 25.7. The average Bonchev–Trinajstić information content (AvgIpc) is 3.41. The van der Waals surface area contributed by atoms with Gasteiger partial charge in [-0.15, -0.1) is 11.3 Å². The molecule has 2 aromatic carbocycles. The molecule has 1 amide bonds. The number of carboxylic acids is 1. The Kier molecular flexibility index (Phi) is 8.56. The summed E-state index contributed by atoms with van der Waals surface area (Å²) in [6.45, 7) is 6.12. The van der Waals surface area contributed by atoms with Crippen LogP contribution in [0.15, 0.2) is 65.6 Å². The lowest BCUT2D eigenvalue weighted by Gasteiger charge is -2.38. The van der Waals surface area contributed by atoms with Crippen LogP contribution in [0, 0.1) is 0 Å². The van der Waals surface area contributed by atoms with Gasteiger partial charge in [0.2, 0.25) is 5.91 Å². The number of ether oxygens (including phenoxy) is 1. The molecule has 3 N–H and O–H groups in total. The second-order valence-corrected chi connectivity index (χ2v) is 10.2. The molecule has 190 valence electrons. The van der Waals surface area contributed by atoms with Crippen LogP contribution in [0.3, 0.4) is 0 Å². The summed E-state index contributed by atoms with van der Waals surface area (Å²) in [6.07, 6.45) is 3.07. The van der Waals surface area contributed by atoms with Crippen molar-refractivity contribution in [2.24, 2.45) is 0 Å². The number of fused-ring (bicyclic) bond motifs is 1. The Morgan fingerprint density at radius 1 is 1.08 bits per heavy atom. The molecule has 36 heavy (non-hydrogen) atoms. The molecule has 6 nitrogen and oxygen atoms in total. The highest BCUT2D eigenvalue weighted by Gasteiger charge is 2.37. The van der Waals surface area contributed by atoms with Gasteiger partial charge >= 0.3 is 5.97 Å². The summed E-state index contributed by atoms with van der Waals surface area (Å²) in [7, 11) is 0. The van der Waals surface area contributed by atoms with Gasteiger partial charge in [-0.25, -0.2) is 4.79 Å². The van der Waals surface area contributed by atoms with Crippen molar-refractivity contribution >= 4 is 34.0 Å². The molecule has 4 rings (SSSR count). The minimum atomic E-state index is -0.952. The average molecular weight is 507 g/mol. The second-order valence-electron chi connectivity index (χ2n) is 9.25. The molecule has 0 fully saturated rings. The zero-order valence-electron chi connectivity index (χ0n) is 21.0. The maximum Gasteiger partial charge on any atom is 0.331 e. The van der Waals surface area contributed by atoms with E-state index in [2.05, 4.69) is 52.4 Å². The fourth-order valence-electron chi connectivity index (χ4n) is 4.97. The van der Waals surface area contributed by atoms with Gasteiger partial charge in [0.25, 0.3) is 0 Å². The molecule has 0 unspecified atom stereocenters. The monoisotopic (exact) mass is 506 g/mol. The summed E-state index contributed by atoms with van der Waals surface area (Å²) < 4.78 is 6.30. The Labute approximate surface area is 216 Å². The van der Waals surface area contributed by atoms with E-state index in [9.17, 15) is 14.7 Å². The van der Waals surface area contributed by atoms with Crippen LogP contribution < -0.4 is 10.6 Å². The van der Waals surface area contributed by atoms with E-state index in [0.29, 0.717) is 18.5 Å². The van der Waals surface area contributed by atoms with E-state index in [1.807, 2.05) is 26.0 Å². The first kappa shape index (κ1) is 26.1. The Bertz CT molecular complexity index is 1230. The largest absolute Gasteiger partial charge is 0.478 e. The number of aliphatic carboxylic acids is 1. The molecule has 0 radical (unpaired) electrons. The van der Waals surface area contributed by atoms with Gasteiger partial charge < -0.3 is 20.5 Å². The third-order valence-electron chi connectivity index (χ3n) is 6.85. The van der Waals surface area contributed by atoms with E-state index >= 15 is 0 Å². The molecule has 1 aromatic heterocycles. The van der Waals surface area contributed by atoms with Gasteiger partial charge in [-0.2, -0.15) is 0 Å². The van der Waals surface area contributed by atoms with E-state index in [-0.39, 0.29) is 24.1 Å². The number of carboxylic acid groups (broad SMARTS) is 1. The molecule has 1 aliphatic carbocycles. The molecular formula is C29H34N2O4S. The molecular weight excluding hydrogens is 472 g/mol. The number of benzene rings is 2. The summed E-state index contributed by atoms with van der Waals surface area (Å²) in [4.78, 5) is 25.3. The van der Waals surface area contributed by atoms with Crippen LogP contribution in [0.4, 0.5) is 0 Å². The molecule has 0 saturated carbocycles. The first-order valence-electron chi connectivity index (χ1n) is 12.6. The van der Waals surface area contributed by atoms with E-state index < -0.39 is 12.1 Å². The lowest BCUT2D eigenvalue weighted by molar-refractivity contribution is -0.133. The first-order valence-corrected chi connectivity index (χ1v) is 13.4. The fourth-order valence-corrected chi connectivity index (χ4v) is 5.73. The Morgan fingerprint density at radius 2 is 1.83 bits per heavy atom. The van der Waals surface area contributed by atoms with Gasteiger partial charge in [-0.05, 0) is 58.7 Å². The number of rotatable bonds is 10. The molecule has 7 heteroatoms. The van der Waals surface area contributed by atoms with Crippen LogP contribution in [0.1, 0.15) is 45.6 Å². The van der Waals surface area contributed by atoms with Crippen LogP contribution in [-0.4, -0.2) is 41.3 Å². The molecule has 1 heterocycles. The summed E-state index contributed by atoms with van der Waals surface area (Å²) in [5.74, 6) is -1.12. The van der Waals surface area contributed by atoms with Crippen molar-refractivity contribution in [1.29, 1.82) is 0 Å². The number of hydrogen-bond donors (Lipinski definition) is 3. The summed E-state index contributed by atoms with van der Waals surface area (Å²) in [6, 6.07) is 16.2. The number of thiophene rings is 1. The highest BCUT2D eigenvalue weighted by Crippen LogP contribution is 2.34. The number of nitrogens with one attached hydrogen (secondary N) is 2. The quantitative estimate of drug-likeness (QED) is 0.337. The predicted molar refractivity (Wildman–Crippen MR) is 145 cm³/mol. The van der Waals surface area contributed by atoms with Crippen molar-refractivity contribution < 1.29 is 19.4 Å². The second kappa shape index (κ2) is 11.8. The Hall–Kier alpha value is -3.00. The lowest BCUT2D eigenvalue weighted by atomic mass is 9.87. The van der Waals surface area contributed by atoms with Crippen molar-refractivity contribution in [2.75, 3.05) is 0 Å². The van der Waals surface area contributed by atoms with E-state index in [4.69, 9.17) is 4.74 Å². The molecule has 0 aliphatic heterocycles.